The van der Waals surface area contributed by atoms with E-state index in [2.05, 4.69) is 0 Å². The normalized spacial score (nSPS) is 23.2. The average Bonchev–Trinajstić information content (AvgIpc) is 3.06. The summed E-state index contributed by atoms with van der Waals surface area (Å²) in [6.07, 6.45) is -4.73. The molecule has 10 heteroatoms. The number of hydrogen-bond acceptors (Lipinski definition) is 2. The van der Waals surface area contributed by atoms with Gasteiger partial charge in [0.15, 0.2) is 23.3 Å². The highest BCUT2D eigenvalue weighted by atomic mass is 19.4. The quantitative estimate of drug-likeness (QED) is 0.455. The molecule has 3 atom stereocenters. The van der Waals surface area contributed by atoms with Gasteiger partial charge in [-0.05, 0) is 43.6 Å². The first-order valence-electron chi connectivity index (χ1n) is 10.4. The maximum atomic E-state index is 14.2. The Bertz CT molecular complexity index is 1060. The van der Waals surface area contributed by atoms with Crippen LogP contribution in [0.5, 0.6) is 0 Å². The average molecular weight is 474 g/mol. The molecule has 4 rings (SSSR count). The molecule has 1 saturated carbocycles. The van der Waals surface area contributed by atoms with Crippen LogP contribution >= 0.6 is 0 Å². The third kappa shape index (κ3) is 3.88. The topological polar surface area (TPSA) is 32.3 Å². The lowest BCUT2D eigenvalue weighted by Gasteiger charge is -2.40. The van der Waals surface area contributed by atoms with Crippen molar-refractivity contribution in [3.05, 3.63) is 64.7 Å². The zero-order chi connectivity index (χ0) is 24.3. The molecule has 1 saturated heterocycles. The highest BCUT2D eigenvalue weighted by molar-refractivity contribution is 5.97. The monoisotopic (exact) mass is 474 g/mol. The lowest BCUT2D eigenvalue weighted by atomic mass is 9.64. The molecule has 2 aromatic rings. The number of amides is 1. The number of hydrogen-bond donors (Lipinski definition) is 1. The molecule has 0 aromatic heterocycles. The molecule has 1 aliphatic carbocycles. The van der Waals surface area contributed by atoms with Gasteiger partial charge in [0, 0.05) is 13.1 Å². The molecule has 2 fully saturated rings. The number of carbonyl (C=O) groups excluding carboxylic acids is 1. The van der Waals surface area contributed by atoms with E-state index in [4.69, 9.17) is 0 Å². The number of benzene rings is 2. The van der Waals surface area contributed by atoms with Gasteiger partial charge in [-0.3, -0.25) is 9.69 Å². The lowest BCUT2D eigenvalue weighted by Crippen LogP contribution is -2.52. The number of alkyl halides is 3. The van der Waals surface area contributed by atoms with Crippen molar-refractivity contribution in [1.29, 1.82) is 0 Å². The van der Waals surface area contributed by atoms with Gasteiger partial charge in [0.1, 0.15) is 11.3 Å². The van der Waals surface area contributed by atoms with Crippen LogP contribution in [0.2, 0.25) is 0 Å². The Morgan fingerprint density at radius 1 is 0.939 bits per heavy atom. The Morgan fingerprint density at radius 2 is 1.52 bits per heavy atom. The largest absolute Gasteiger partial charge is 0.422 e. The molecule has 1 N–H and O–H groups in total. The Hall–Kier alpha value is -2.62. The van der Waals surface area contributed by atoms with Gasteiger partial charge < -0.3 is 5.32 Å². The summed E-state index contributed by atoms with van der Waals surface area (Å²) in [6, 6.07) is 9.86. The van der Waals surface area contributed by atoms with Crippen LogP contribution < -0.4 is 5.32 Å². The standard InChI is InChI=1S/C23H21F7N2O/c1-22(2,32-9-12-8-13(14(12)10-32)11-6-4-3-5-7-11)21(33)31-20-18(26)16(24)15(23(28,29)30)17(25)19(20)27/h3-7,12-14H,8-10H2,1-2H3,(H,31,33). The Kier molecular flexibility index (Phi) is 5.71. The van der Waals surface area contributed by atoms with E-state index >= 15 is 0 Å². The van der Waals surface area contributed by atoms with E-state index in [0.717, 1.165) is 6.42 Å². The van der Waals surface area contributed by atoms with E-state index in [-0.39, 0.29) is 5.92 Å². The van der Waals surface area contributed by atoms with E-state index in [9.17, 15) is 35.5 Å². The molecule has 0 radical (unpaired) electrons. The molecule has 3 unspecified atom stereocenters. The van der Waals surface area contributed by atoms with Crippen LogP contribution in [0.15, 0.2) is 30.3 Å². The van der Waals surface area contributed by atoms with Crippen molar-refractivity contribution in [2.24, 2.45) is 11.8 Å². The van der Waals surface area contributed by atoms with Gasteiger partial charge in [-0.2, -0.15) is 13.2 Å². The number of halogens is 7. The van der Waals surface area contributed by atoms with Crippen LogP contribution in [0, 0.1) is 35.1 Å². The van der Waals surface area contributed by atoms with Crippen molar-refractivity contribution in [1.82, 2.24) is 4.90 Å². The van der Waals surface area contributed by atoms with Gasteiger partial charge in [-0.15, -0.1) is 0 Å². The molecular formula is C23H21F7N2O. The molecule has 1 heterocycles. The van der Waals surface area contributed by atoms with Crippen molar-refractivity contribution in [2.45, 2.75) is 37.9 Å². The third-order valence-corrected chi connectivity index (χ3v) is 6.92. The minimum atomic E-state index is -5.65. The minimum Gasteiger partial charge on any atom is -0.319 e. The maximum absolute atomic E-state index is 14.2. The minimum absolute atomic E-state index is 0.272. The summed E-state index contributed by atoms with van der Waals surface area (Å²) in [5.41, 5.74) is -4.42. The second-order valence-corrected chi connectivity index (χ2v) is 9.10. The Morgan fingerprint density at radius 3 is 2.06 bits per heavy atom. The molecule has 0 spiro atoms. The van der Waals surface area contributed by atoms with Gasteiger partial charge in [-0.25, -0.2) is 17.6 Å². The molecule has 33 heavy (non-hydrogen) atoms. The summed E-state index contributed by atoms with van der Waals surface area (Å²) in [6.45, 7) is 4.02. The van der Waals surface area contributed by atoms with E-state index < -0.39 is 52.1 Å². The van der Waals surface area contributed by atoms with E-state index in [1.165, 1.54) is 19.4 Å². The summed E-state index contributed by atoms with van der Waals surface area (Å²) in [4.78, 5) is 14.7. The number of rotatable bonds is 4. The molecule has 3 nitrogen and oxygen atoms in total. The molecule has 1 aliphatic heterocycles. The first-order valence-corrected chi connectivity index (χ1v) is 10.4. The van der Waals surface area contributed by atoms with Crippen LogP contribution in [-0.4, -0.2) is 29.4 Å². The fraction of sp³-hybridized carbons (Fsp3) is 0.435. The zero-order valence-electron chi connectivity index (χ0n) is 17.7. The Balaban J connectivity index is 1.54. The van der Waals surface area contributed by atoms with Gasteiger partial charge in [0.25, 0.3) is 0 Å². The van der Waals surface area contributed by atoms with Gasteiger partial charge >= 0.3 is 6.18 Å². The van der Waals surface area contributed by atoms with Crippen molar-refractivity contribution < 1.29 is 35.5 Å². The summed E-state index contributed by atoms with van der Waals surface area (Å²) < 4.78 is 94.6. The predicted molar refractivity (Wildman–Crippen MR) is 106 cm³/mol. The Labute approximate surface area is 185 Å². The number of anilines is 1. The first-order chi connectivity index (χ1) is 15.3. The van der Waals surface area contributed by atoms with Crippen LogP contribution in [0.1, 0.15) is 37.3 Å². The highest BCUT2D eigenvalue weighted by Gasteiger charge is 2.52. The van der Waals surface area contributed by atoms with E-state index in [1.807, 2.05) is 35.2 Å². The van der Waals surface area contributed by atoms with Gasteiger partial charge in [-0.1, -0.05) is 30.3 Å². The maximum Gasteiger partial charge on any atom is 0.422 e. The second kappa shape index (κ2) is 8.00. The van der Waals surface area contributed by atoms with Crippen LogP contribution in [0.4, 0.5) is 36.4 Å². The molecule has 0 bridgehead atoms. The van der Waals surface area contributed by atoms with Gasteiger partial charge in [0.05, 0.1) is 5.54 Å². The van der Waals surface area contributed by atoms with Crippen molar-refractivity contribution in [3.63, 3.8) is 0 Å². The zero-order valence-corrected chi connectivity index (χ0v) is 17.7. The molecule has 178 valence electrons. The summed E-state index contributed by atoms with van der Waals surface area (Å²) in [7, 11) is 0. The molecular weight excluding hydrogens is 453 g/mol. The summed E-state index contributed by atoms with van der Waals surface area (Å²) in [5, 5.41) is 1.77. The van der Waals surface area contributed by atoms with E-state index in [0.29, 0.717) is 24.9 Å². The van der Waals surface area contributed by atoms with Crippen molar-refractivity contribution >= 4 is 11.6 Å². The second-order valence-electron chi connectivity index (χ2n) is 9.10. The fourth-order valence-electron chi connectivity index (χ4n) is 4.85. The number of carbonyl (C=O) groups is 1. The summed E-state index contributed by atoms with van der Waals surface area (Å²) >= 11 is 0. The number of fused-ring (bicyclic) bond motifs is 1. The summed E-state index contributed by atoms with van der Waals surface area (Å²) in [5.74, 6) is -9.93. The SMILES string of the molecule is CC(C)(C(=O)Nc1c(F)c(F)c(C(F)(F)F)c(F)c1F)N1CC2CC(c3ccccc3)C2C1. The number of likely N-dealkylation sites (tertiary alicyclic amines) is 1. The van der Waals surface area contributed by atoms with E-state index in [1.54, 1.807) is 5.32 Å². The first kappa shape index (κ1) is 23.5. The van der Waals surface area contributed by atoms with Crippen molar-refractivity contribution in [2.75, 3.05) is 18.4 Å². The lowest BCUT2D eigenvalue weighted by molar-refractivity contribution is -0.143. The molecule has 2 aliphatic rings. The molecule has 2 aromatic carbocycles. The van der Waals surface area contributed by atoms with Crippen LogP contribution in [0.3, 0.4) is 0 Å². The fourth-order valence-corrected chi connectivity index (χ4v) is 4.85. The smallest absolute Gasteiger partial charge is 0.319 e. The van der Waals surface area contributed by atoms with Crippen LogP contribution in [-0.2, 0) is 11.0 Å². The van der Waals surface area contributed by atoms with Gasteiger partial charge in [0.2, 0.25) is 5.91 Å². The van der Waals surface area contributed by atoms with Crippen molar-refractivity contribution in [3.8, 4) is 0 Å². The number of nitrogens with one attached hydrogen (secondary N) is 1. The van der Waals surface area contributed by atoms with Crippen LogP contribution in [0.25, 0.3) is 0 Å². The molecule has 1 amide bonds. The third-order valence-electron chi connectivity index (χ3n) is 6.92. The highest BCUT2D eigenvalue weighted by Crippen LogP contribution is 2.52. The number of nitrogens with zero attached hydrogens (tertiary/aromatic N) is 1. The predicted octanol–water partition coefficient (Wildman–Crippen LogP) is 5.71.